The Hall–Kier alpha value is -2.38. The normalized spacial score (nSPS) is 14.4. The summed E-state index contributed by atoms with van der Waals surface area (Å²) < 4.78 is 7.26. The van der Waals surface area contributed by atoms with E-state index in [2.05, 4.69) is 5.32 Å². The molecule has 0 bridgehead atoms. The lowest BCUT2D eigenvalue weighted by Crippen LogP contribution is -2.42. The molecule has 2 aromatic rings. The zero-order valence-electron chi connectivity index (χ0n) is 16.4. The van der Waals surface area contributed by atoms with Crippen LogP contribution in [0.5, 0.6) is 0 Å². The number of benzene rings is 1. The second-order valence-electron chi connectivity index (χ2n) is 7.21. The topological polar surface area (TPSA) is 89.6 Å². The van der Waals surface area contributed by atoms with Gasteiger partial charge >= 0.3 is 0 Å². The predicted octanol–water partition coefficient (Wildman–Crippen LogP) is 2.35. The smallest absolute Gasteiger partial charge is 0.242 e. The SMILES string of the molecule is NCCCCCCC(=O)Nc1ccc2c(ccn2CC(=O)N2CCOCC2)c1. The first-order chi connectivity index (χ1) is 13.7. The quantitative estimate of drug-likeness (QED) is 0.648. The number of hydrogen-bond acceptors (Lipinski definition) is 4. The number of aromatic nitrogens is 1. The van der Waals surface area contributed by atoms with Crippen LogP contribution in [-0.2, 0) is 20.9 Å². The molecule has 1 aromatic heterocycles. The zero-order chi connectivity index (χ0) is 19.8. The first kappa shape index (κ1) is 20.4. The number of nitrogens with two attached hydrogens (primary N) is 1. The minimum atomic E-state index is 0.0361. The van der Waals surface area contributed by atoms with Gasteiger partial charge in [-0.15, -0.1) is 0 Å². The number of morpholine rings is 1. The van der Waals surface area contributed by atoms with Gasteiger partial charge in [-0.3, -0.25) is 9.59 Å². The predicted molar refractivity (Wildman–Crippen MR) is 110 cm³/mol. The molecule has 1 aliphatic heterocycles. The molecule has 1 fully saturated rings. The summed E-state index contributed by atoms with van der Waals surface area (Å²) in [6.45, 7) is 3.55. The molecule has 1 aliphatic rings. The molecule has 2 amide bonds. The van der Waals surface area contributed by atoms with Gasteiger partial charge in [0, 0.05) is 42.3 Å². The highest BCUT2D eigenvalue weighted by Gasteiger charge is 2.17. The molecule has 7 nitrogen and oxygen atoms in total. The number of rotatable bonds is 9. The van der Waals surface area contributed by atoms with Gasteiger partial charge in [-0.2, -0.15) is 0 Å². The van der Waals surface area contributed by atoms with Gasteiger partial charge in [-0.05, 0) is 43.7 Å². The molecule has 0 saturated carbocycles. The van der Waals surface area contributed by atoms with E-state index >= 15 is 0 Å². The Morgan fingerprint density at radius 3 is 2.64 bits per heavy atom. The fraction of sp³-hybridized carbons (Fsp3) is 0.524. The van der Waals surface area contributed by atoms with Crippen molar-refractivity contribution in [3.63, 3.8) is 0 Å². The molecule has 0 spiro atoms. The lowest BCUT2D eigenvalue weighted by Gasteiger charge is -2.27. The lowest BCUT2D eigenvalue weighted by atomic mass is 10.1. The highest BCUT2D eigenvalue weighted by molar-refractivity contribution is 5.94. The largest absolute Gasteiger partial charge is 0.378 e. The van der Waals surface area contributed by atoms with Crippen LogP contribution >= 0.6 is 0 Å². The van der Waals surface area contributed by atoms with E-state index in [9.17, 15) is 9.59 Å². The average molecular weight is 386 g/mol. The number of fused-ring (bicyclic) bond motifs is 1. The van der Waals surface area contributed by atoms with E-state index in [-0.39, 0.29) is 11.8 Å². The average Bonchev–Trinajstić information content (AvgIpc) is 3.10. The van der Waals surface area contributed by atoms with Crippen LogP contribution < -0.4 is 11.1 Å². The van der Waals surface area contributed by atoms with Gasteiger partial charge in [0.15, 0.2) is 0 Å². The second-order valence-corrected chi connectivity index (χ2v) is 7.21. The molecule has 1 saturated heterocycles. The van der Waals surface area contributed by atoms with Crippen LogP contribution in [-0.4, -0.2) is 54.1 Å². The Balaban J connectivity index is 1.54. The summed E-state index contributed by atoms with van der Waals surface area (Å²) in [5.41, 5.74) is 7.25. The van der Waals surface area contributed by atoms with E-state index in [1.165, 1.54) is 0 Å². The van der Waals surface area contributed by atoms with Gasteiger partial charge in [0.2, 0.25) is 11.8 Å². The van der Waals surface area contributed by atoms with Gasteiger partial charge in [0.1, 0.15) is 6.54 Å². The number of hydrogen-bond donors (Lipinski definition) is 2. The van der Waals surface area contributed by atoms with E-state index in [0.717, 1.165) is 42.3 Å². The van der Waals surface area contributed by atoms with E-state index in [4.69, 9.17) is 10.5 Å². The van der Waals surface area contributed by atoms with Gasteiger partial charge in [-0.25, -0.2) is 0 Å². The highest BCUT2D eigenvalue weighted by Crippen LogP contribution is 2.21. The fourth-order valence-electron chi connectivity index (χ4n) is 3.48. The molecule has 2 heterocycles. The number of unbranched alkanes of at least 4 members (excludes halogenated alkanes) is 3. The van der Waals surface area contributed by atoms with Crippen LogP contribution in [0.4, 0.5) is 5.69 Å². The fourth-order valence-corrected chi connectivity index (χ4v) is 3.48. The molecule has 7 heteroatoms. The minimum Gasteiger partial charge on any atom is -0.378 e. The highest BCUT2D eigenvalue weighted by atomic mass is 16.5. The van der Waals surface area contributed by atoms with Crippen molar-refractivity contribution in [2.45, 2.75) is 38.6 Å². The summed E-state index contributed by atoms with van der Waals surface area (Å²) in [7, 11) is 0. The van der Waals surface area contributed by atoms with Crippen molar-refractivity contribution in [2.75, 3.05) is 38.2 Å². The van der Waals surface area contributed by atoms with Gasteiger partial charge in [0.05, 0.1) is 13.2 Å². The van der Waals surface area contributed by atoms with Crippen molar-refractivity contribution in [3.05, 3.63) is 30.5 Å². The number of nitrogens with zero attached hydrogens (tertiary/aromatic N) is 2. The van der Waals surface area contributed by atoms with Crippen molar-refractivity contribution in [1.29, 1.82) is 0 Å². The van der Waals surface area contributed by atoms with Crippen LogP contribution in [0.1, 0.15) is 32.1 Å². The molecule has 0 aliphatic carbocycles. The van der Waals surface area contributed by atoms with Crippen LogP contribution in [0.25, 0.3) is 10.9 Å². The van der Waals surface area contributed by atoms with Gasteiger partial charge in [-0.1, -0.05) is 12.8 Å². The molecule has 3 N–H and O–H groups in total. The third kappa shape index (κ3) is 5.56. The van der Waals surface area contributed by atoms with Crippen LogP contribution in [0.15, 0.2) is 30.5 Å². The van der Waals surface area contributed by atoms with Gasteiger partial charge in [0.25, 0.3) is 0 Å². The van der Waals surface area contributed by atoms with Crippen LogP contribution in [0.3, 0.4) is 0 Å². The maximum absolute atomic E-state index is 12.5. The van der Waals surface area contributed by atoms with Gasteiger partial charge < -0.3 is 25.3 Å². The molecule has 3 rings (SSSR count). The van der Waals surface area contributed by atoms with Crippen molar-refractivity contribution < 1.29 is 14.3 Å². The Kier molecular flexibility index (Phi) is 7.45. The summed E-state index contributed by atoms with van der Waals surface area (Å²) in [5.74, 6) is 0.141. The molecule has 28 heavy (non-hydrogen) atoms. The first-order valence-electron chi connectivity index (χ1n) is 10.1. The molecule has 1 aromatic carbocycles. The maximum Gasteiger partial charge on any atom is 0.242 e. The Morgan fingerprint density at radius 2 is 1.86 bits per heavy atom. The lowest BCUT2D eigenvalue weighted by molar-refractivity contribution is -0.135. The molecule has 0 atom stereocenters. The summed E-state index contributed by atoms with van der Waals surface area (Å²) in [6, 6.07) is 7.78. The van der Waals surface area contributed by atoms with E-state index < -0.39 is 0 Å². The van der Waals surface area contributed by atoms with Crippen molar-refractivity contribution in [3.8, 4) is 0 Å². The molecule has 0 unspecified atom stereocenters. The van der Waals surface area contributed by atoms with Crippen molar-refractivity contribution in [1.82, 2.24) is 9.47 Å². The summed E-state index contributed by atoms with van der Waals surface area (Å²) in [6.07, 6.45) is 6.46. The summed E-state index contributed by atoms with van der Waals surface area (Å²) in [4.78, 5) is 26.4. The van der Waals surface area contributed by atoms with E-state index in [1.54, 1.807) is 0 Å². The summed E-state index contributed by atoms with van der Waals surface area (Å²) in [5, 5.41) is 3.97. The standard InChI is InChI=1S/C21H30N4O3/c22-9-4-2-1-3-5-20(26)23-18-6-7-19-17(15-18)8-10-25(19)16-21(27)24-11-13-28-14-12-24/h6-8,10,15H,1-5,9,11-14,16,22H2,(H,23,26). The van der Waals surface area contributed by atoms with E-state index in [0.29, 0.717) is 45.8 Å². The minimum absolute atomic E-state index is 0.0361. The Labute approximate surface area is 165 Å². The Bertz CT molecular complexity index is 796. The number of carbonyl (C=O) groups excluding carboxylic acids is 2. The summed E-state index contributed by atoms with van der Waals surface area (Å²) >= 11 is 0. The van der Waals surface area contributed by atoms with Crippen LogP contribution in [0, 0.1) is 0 Å². The monoisotopic (exact) mass is 386 g/mol. The molecule has 152 valence electrons. The molecule has 0 radical (unpaired) electrons. The third-order valence-electron chi connectivity index (χ3n) is 5.08. The van der Waals surface area contributed by atoms with Crippen molar-refractivity contribution >= 4 is 28.4 Å². The first-order valence-corrected chi connectivity index (χ1v) is 10.1. The third-order valence-corrected chi connectivity index (χ3v) is 5.08. The number of anilines is 1. The number of amides is 2. The number of carbonyl (C=O) groups is 2. The van der Waals surface area contributed by atoms with Crippen LogP contribution in [0.2, 0.25) is 0 Å². The number of nitrogens with one attached hydrogen (secondary N) is 1. The molecular formula is C21H30N4O3. The maximum atomic E-state index is 12.5. The number of ether oxygens (including phenoxy) is 1. The van der Waals surface area contributed by atoms with E-state index in [1.807, 2.05) is 39.9 Å². The van der Waals surface area contributed by atoms with Crippen molar-refractivity contribution in [2.24, 2.45) is 5.73 Å². The second kappa shape index (κ2) is 10.2. The zero-order valence-corrected chi connectivity index (χ0v) is 16.4. The Morgan fingerprint density at radius 1 is 1.07 bits per heavy atom. The molecular weight excluding hydrogens is 356 g/mol.